The Morgan fingerprint density at radius 1 is 0.778 bits per heavy atom. The monoisotopic (exact) mass is 617 g/mol. The zero-order valence-corrected chi connectivity index (χ0v) is 27.9. The summed E-state index contributed by atoms with van der Waals surface area (Å²) in [5, 5.41) is 3.03. The molecule has 4 amide bonds. The van der Waals surface area contributed by atoms with Crippen LogP contribution in [0.2, 0.25) is 0 Å². The largest absolute Gasteiger partial charge is 0.444 e. The summed E-state index contributed by atoms with van der Waals surface area (Å²) in [6.45, 7) is 10.8. The van der Waals surface area contributed by atoms with Crippen LogP contribution in [-0.4, -0.2) is 108 Å². The highest BCUT2D eigenvalue weighted by Crippen LogP contribution is 2.29. The molecular weight excluding hydrogens is 566 g/mol. The molecular formula is C36H51N5O4. The molecule has 1 N–H and O–H groups in total. The van der Waals surface area contributed by atoms with Gasteiger partial charge in [-0.15, -0.1) is 0 Å². The number of carbonyl (C=O) groups excluding carboxylic acids is 3. The van der Waals surface area contributed by atoms with Crippen molar-refractivity contribution in [2.45, 2.75) is 96.0 Å². The van der Waals surface area contributed by atoms with Crippen LogP contribution in [0.5, 0.6) is 0 Å². The van der Waals surface area contributed by atoms with Crippen LogP contribution >= 0.6 is 0 Å². The van der Waals surface area contributed by atoms with Gasteiger partial charge in [-0.05, 0) is 89.5 Å². The highest BCUT2D eigenvalue weighted by molar-refractivity contribution is 5.95. The molecule has 244 valence electrons. The van der Waals surface area contributed by atoms with Gasteiger partial charge in [0.2, 0.25) is 0 Å². The number of rotatable bonds is 6. The first-order valence-corrected chi connectivity index (χ1v) is 16.6. The first kappa shape index (κ1) is 32.8. The lowest BCUT2D eigenvalue weighted by atomic mass is 9.90. The molecule has 45 heavy (non-hydrogen) atoms. The third-order valence-corrected chi connectivity index (χ3v) is 9.80. The molecule has 0 aromatic heterocycles. The molecule has 0 bridgehead atoms. The van der Waals surface area contributed by atoms with Crippen molar-refractivity contribution in [3.63, 3.8) is 0 Å². The van der Waals surface area contributed by atoms with E-state index in [9.17, 15) is 14.4 Å². The number of nitrogens with zero attached hydrogens (tertiary/aromatic N) is 4. The smallest absolute Gasteiger partial charge is 0.407 e. The summed E-state index contributed by atoms with van der Waals surface area (Å²) < 4.78 is 5.42. The van der Waals surface area contributed by atoms with E-state index < -0.39 is 5.60 Å². The van der Waals surface area contributed by atoms with Crippen LogP contribution in [0.4, 0.5) is 9.59 Å². The molecule has 5 rings (SSSR count). The Morgan fingerprint density at radius 3 is 1.98 bits per heavy atom. The highest BCUT2D eigenvalue weighted by Gasteiger charge is 2.38. The molecule has 2 aliphatic heterocycles. The molecule has 3 fully saturated rings. The second kappa shape index (κ2) is 13.8. The van der Waals surface area contributed by atoms with Crippen molar-refractivity contribution < 1.29 is 19.1 Å². The average Bonchev–Trinajstić information content (AvgIpc) is 3.71. The standard InChI is InChI=1S/C36H51N5O4/c1-25-7-9-26(10-8-25)27-11-13-28(14-12-27)33(42)38(5)31-20-22-41(24-31)35(44)39(6)32-19-21-40(23-32)30-17-15-29(16-18-30)37-34(43)45-36(2,3)4/h7-14,29-32H,15-24H2,1-6H3,(H,37,43). The van der Waals surface area contributed by atoms with E-state index in [-0.39, 0.29) is 36.2 Å². The number of hydrogen-bond acceptors (Lipinski definition) is 5. The first-order valence-electron chi connectivity index (χ1n) is 16.6. The van der Waals surface area contributed by atoms with Gasteiger partial charge in [0.15, 0.2) is 0 Å². The zero-order chi connectivity index (χ0) is 32.3. The number of urea groups is 1. The van der Waals surface area contributed by atoms with E-state index in [0.29, 0.717) is 24.7 Å². The predicted molar refractivity (Wildman–Crippen MR) is 177 cm³/mol. The first-order chi connectivity index (χ1) is 21.4. The fourth-order valence-electron chi connectivity index (χ4n) is 7.01. The molecule has 0 radical (unpaired) electrons. The number of hydrogen-bond donors (Lipinski definition) is 1. The number of amides is 4. The Bertz CT molecular complexity index is 1330. The normalized spacial score (nSPS) is 23.9. The maximum atomic E-state index is 13.5. The summed E-state index contributed by atoms with van der Waals surface area (Å²) in [6, 6.07) is 17.1. The third-order valence-electron chi connectivity index (χ3n) is 9.80. The molecule has 0 spiro atoms. The average molecular weight is 618 g/mol. The molecule has 9 nitrogen and oxygen atoms in total. The van der Waals surface area contributed by atoms with Crippen molar-refractivity contribution in [3.05, 3.63) is 59.7 Å². The van der Waals surface area contributed by atoms with Gasteiger partial charge in [-0.25, -0.2) is 9.59 Å². The van der Waals surface area contributed by atoms with Gasteiger partial charge in [0.05, 0.1) is 6.04 Å². The number of alkyl carbamates (subject to hydrolysis) is 1. The van der Waals surface area contributed by atoms with Crippen LogP contribution in [0.1, 0.15) is 75.2 Å². The minimum atomic E-state index is -0.492. The van der Waals surface area contributed by atoms with Crippen molar-refractivity contribution in [2.24, 2.45) is 0 Å². The Hall–Kier alpha value is -3.59. The van der Waals surface area contributed by atoms with Crippen LogP contribution in [-0.2, 0) is 4.74 Å². The lowest BCUT2D eigenvalue weighted by Crippen LogP contribution is -2.48. The summed E-state index contributed by atoms with van der Waals surface area (Å²) in [4.78, 5) is 47.2. The predicted octanol–water partition coefficient (Wildman–Crippen LogP) is 5.77. The van der Waals surface area contributed by atoms with Gasteiger partial charge in [-0.1, -0.05) is 42.0 Å². The van der Waals surface area contributed by atoms with Gasteiger partial charge in [0.25, 0.3) is 5.91 Å². The molecule has 9 heteroatoms. The number of benzene rings is 2. The van der Waals surface area contributed by atoms with E-state index in [2.05, 4.69) is 41.4 Å². The second-order valence-corrected chi connectivity index (χ2v) is 14.2. The molecule has 1 aliphatic carbocycles. The van der Waals surface area contributed by atoms with Gasteiger partial charge in [0, 0.05) is 64.0 Å². The molecule has 1 saturated carbocycles. The highest BCUT2D eigenvalue weighted by atomic mass is 16.6. The van der Waals surface area contributed by atoms with E-state index in [1.54, 1.807) is 4.90 Å². The Balaban J connectivity index is 1.07. The van der Waals surface area contributed by atoms with E-state index in [4.69, 9.17) is 4.74 Å². The maximum absolute atomic E-state index is 13.5. The van der Waals surface area contributed by atoms with E-state index in [1.165, 1.54) is 5.56 Å². The summed E-state index contributed by atoms with van der Waals surface area (Å²) >= 11 is 0. The minimum Gasteiger partial charge on any atom is -0.444 e. The molecule has 2 unspecified atom stereocenters. The lowest BCUT2D eigenvalue weighted by molar-refractivity contribution is 0.0479. The van der Waals surface area contributed by atoms with Crippen molar-refractivity contribution in [2.75, 3.05) is 40.3 Å². The number of carbonyl (C=O) groups is 3. The number of likely N-dealkylation sites (N-methyl/N-ethyl adjacent to an activating group) is 2. The summed E-state index contributed by atoms with van der Waals surface area (Å²) in [5.74, 6) is -0.0134. The fourth-order valence-corrected chi connectivity index (χ4v) is 7.01. The van der Waals surface area contributed by atoms with Crippen LogP contribution in [0.15, 0.2) is 48.5 Å². The summed E-state index contributed by atoms with van der Waals surface area (Å²) in [5.41, 5.74) is 3.61. The van der Waals surface area contributed by atoms with Gasteiger partial charge >= 0.3 is 12.1 Å². The van der Waals surface area contributed by atoms with Crippen molar-refractivity contribution in [1.29, 1.82) is 0 Å². The molecule has 2 heterocycles. The SMILES string of the molecule is Cc1ccc(-c2ccc(C(=O)N(C)C3CCN(C(=O)N(C)C4CCN(C5CCC(NC(=O)OC(C)(C)C)CC5)C4)C3)cc2)cc1. The van der Waals surface area contributed by atoms with E-state index in [0.717, 1.165) is 62.7 Å². The molecule has 2 aromatic carbocycles. The molecule has 2 atom stereocenters. The zero-order valence-electron chi connectivity index (χ0n) is 27.9. The van der Waals surface area contributed by atoms with Crippen LogP contribution < -0.4 is 5.32 Å². The lowest BCUT2D eigenvalue weighted by Gasteiger charge is -2.36. The van der Waals surface area contributed by atoms with E-state index >= 15 is 0 Å². The molecule has 3 aliphatic rings. The second-order valence-electron chi connectivity index (χ2n) is 14.2. The van der Waals surface area contributed by atoms with Crippen molar-refractivity contribution in [3.8, 4) is 11.1 Å². The number of aryl methyl sites for hydroxylation is 1. The Morgan fingerprint density at radius 2 is 1.36 bits per heavy atom. The molecule has 2 aromatic rings. The van der Waals surface area contributed by atoms with Gasteiger partial charge in [-0.3, -0.25) is 9.69 Å². The summed E-state index contributed by atoms with van der Waals surface area (Å²) in [7, 11) is 3.78. The Labute approximate surface area is 268 Å². The maximum Gasteiger partial charge on any atom is 0.407 e. The van der Waals surface area contributed by atoms with E-state index in [1.807, 2.05) is 68.9 Å². The van der Waals surface area contributed by atoms with Crippen LogP contribution in [0.3, 0.4) is 0 Å². The third kappa shape index (κ3) is 8.17. The van der Waals surface area contributed by atoms with Gasteiger partial charge < -0.3 is 24.8 Å². The van der Waals surface area contributed by atoms with Crippen molar-refractivity contribution in [1.82, 2.24) is 24.9 Å². The van der Waals surface area contributed by atoms with Gasteiger partial charge in [0.1, 0.15) is 5.60 Å². The van der Waals surface area contributed by atoms with Crippen LogP contribution in [0, 0.1) is 6.92 Å². The summed E-state index contributed by atoms with van der Waals surface area (Å²) in [6.07, 6.45) is 5.37. The minimum absolute atomic E-state index is 0.00354. The molecule has 2 saturated heterocycles. The fraction of sp³-hybridized carbons (Fsp3) is 0.583. The quantitative estimate of drug-likeness (QED) is 0.445. The van der Waals surface area contributed by atoms with Crippen molar-refractivity contribution >= 4 is 18.0 Å². The Kier molecular flexibility index (Phi) is 10.1. The number of likely N-dealkylation sites (tertiary alicyclic amines) is 2. The van der Waals surface area contributed by atoms with Crippen LogP contribution in [0.25, 0.3) is 11.1 Å². The number of nitrogens with one attached hydrogen (secondary N) is 1. The topological polar surface area (TPSA) is 85.4 Å². The number of ether oxygens (including phenoxy) is 1. The van der Waals surface area contributed by atoms with Gasteiger partial charge in [-0.2, -0.15) is 0 Å².